The number of allylic oxidation sites excluding steroid dienone is 1. The van der Waals surface area contributed by atoms with Crippen molar-refractivity contribution in [1.29, 1.82) is 0 Å². The fourth-order valence-corrected chi connectivity index (χ4v) is 15.7. The van der Waals surface area contributed by atoms with Crippen molar-refractivity contribution < 1.29 is 119 Å². The van der Waals surface area contributed by atoms with Gasteiger partial charge in [0.05, 0.1) is 50.8 Å². The predicted octanol–water partition coefficient (Wildman–Crippen LogP) is -4.02. The van der Waals surface area contributed by atoms with Crippen molar-refractivity contribution in [2.75, 3.05) is 26.4 Å². The average Bonchev–Trinajstić information content (AvgIpc) is 3.88. The van der Waals surface area contributed by atoms with Crippen molar-refractivity contribution in [3.8, 4) is 0 Å². The molecule has 0 bridgehead atoms. The first-order chi connectivity index (χ1) is 35.5. The minimum absolute atomic E-state index is 0.00679. The summed E-state index contributed by atoms with van der Waals surface area (Å²) in [5.74, 6) is -0.754. The molecule has 75 heavy (non-hydrogen) atoms. The molecule has 33 atom stereocenters. The summed E-state index contributed by atoms with van der Waals surface area (Å²) >= 11 is 0. The number of hydrogen-bond acceptors (Lipinski definition) is 24. The van der Waals surface area contributed by atoms with Gasteiger partial charge in [-0.05, 0) is 86.4 Å². The lowest BCUT2D eigenvalue weighted by Crippen LogP contribution is -2.68. The van der Waals surface area contributed by atoms with Crippen LogP contribution in [0.2, 0.25) is 0 Å². The van der Waals surface area contributed by atoms with Crippen LogP contribution in [0.25, 0.3) is 0 Å². The third kappa shape index (κ3) is 9.42. The van der Waals surface area contributed by atoms with Crippen molar-refractivity contribution in [1.82, 2.24) is 0 Å². The van der Waals surface area contributed by atoms with Crippen LogP contribution in [0.15, 0.2) is 11.6 Å². The minimum Gasteiger partial charge on any atom is -0.394 e. The van der Waals surface area contributed by atoms with Gasteiger partial charge in [0, 0.05) is 11.8 Å². The Balaban J connectivity index is 0.881. The Morgan fingerprint density at radius 3 is 1.80 bits per heavy atom. The van der Waals surface area contributed by atoms with E-state index in [0.717, 1.165) is 18.4 Å². The van der Waals surface area contributed by atoms with Crippen LogP contribution in [-0.2, 0) is 47.4 Å². The Hall–Kier alpha value is -1.22. The maximum atomic E-state index is 12.4. The van der Waals surface area contributed by atoms with Gasteiger partial charge in [0.15, 0.2) is 30.9 Å². The Kier molecular flexibility index (Phi) is 16.4. The third-order valence-electron chi connectivity index (χ3n) is 19.8. The molecule has 430 valence electrons. The summed E-state index contributed by atoms with van der Waals surface area (Å²) < 4.78 is 61.6. The van der Waals surface area contributed by atoms with Gasteiger partial charge < -0.3 is 119 Å². The molecule has 0 amide bonds. The molecule has 6 heterocycles. The standard InChI is InChI=1S/C51H82O24/c1-18-12-28(55)51(66-17-18)19(2)29-42(75-51)34(59)30-23-7-6-21-13-22(8-10-49(21,4)24(23)9-11-50(29,30)5)68-47-44(74-45-38(63)35(60)31(56)20(3)67-45)40(65)41(27(16-54)71-47)72-48-43(37(62)33(58)26(15-53)70-48)73-46-39(64)36(61)32(57)25(14-52)69-46/h6,18-20,22-48,52-65H,7-17H2,1-5H3/t18-,19-,20-,22-,23+,24-,25+,26+,27+,28-,29-,30+,31-,32+,33+,34+,35+,36-,37-,38+,39+,40-,41-,42+,43+,44+,45-,46-,47+,48-,49-,50+,51-/m0/s1. The van der Waals surface area contributed by atoms with Gasteiger partial charge in [-0.3, -0.25) is 0 Å². The molecule has 0 aromatic carbocycles. The van der Waals surface area contributed by atoms with Gasteiger partial charge in [-0.1, -0.05) is 39.3 Å². The van der Waals surface area contributed by atoms with Crippen molar-refractivity contribution in [3.05, 3.63) is 11.6 Å². The predicted molar refractivity (Wildman–Crippen MR) is 250 cm³/mol. The van der Waals surface area contributed by atoms with E-state index in [2.05, 4.69) is 26.8 Å². The lowest BCUT2D eigenvalue weighted by molar-refractivity contribution is -0.401. The molecule has 14 N–H and O–H groups in total. The molecule has 0 aromatic heterocycles. The molecular formula is C51H82O24. The molecule has 0 aromatic rings. The van der Waals surface area contributed by atoms with E-state index in [-0.39, 0.29) is 46.3 Å². The van der Waals surface area contributed by atoms with E-state index in [4.69, 9.17) is 47.4 Å². The average molecular weight is 1080 g/mol. The highest BCUT2D eigenvalue weighted by Crippen LogP contribution is 2.71. The fourth-order valence-electron chi connectivity index (χ4n) is 15.7. The molecule has 9 fully saturated rings. The molecule has 0 radical (unpaired) electrons. The van der Waals surface area contributed by atoms with Crippen LogP contribution in [0.5, 0.6) is 0 Å². The van der Waals surface area contributed by atoms with E-state index in [1.807, 2.05) is 6.92 Å². The van der Waals surface area contributed by atoms with Crippen molar-refractivity contribution in [2.24, 2.45) is 46.3 Å². The fraction of sp³-hybridized carbons (Fsp3) is 0.961. The molecule has 24 heteroatoms. The highest BCUT2D eigenvalue weighted by molar-refractivity contribution is 5.28. The number of ether oxygens (including phenoxy) is 10. The molecule has 3 saturated carbocycles. The smallest absolute Gasteiger partial charge is 0.197 e. The molecule has 6 saturated heterocycles. The second kappa shape index (κ2) is 21.6. The summed E-state index contributed by atoms with van der Waals surface area (Å²) in [4.78, 5) is 0. The Labute approximate surface area is 434 Å². The van der Waals surface area contributed by atoms with Gasteiger partial charge in [0.2, 0.25) is 0 Å². The van der Waals surface area contributed by atoms with Crippen LogP contribution in [0, 0.1) is 46.3 Å². The summed E-state index contributed by atoms with van der Waals surface area (Å²) in [6.45, 7) is 8.12. The Morgan fingerprint density at radius 1 is 0.573 bits per heavy atom. The maximum absolute atomic E-state index is 12.4. The van der Waals surface area contributed by atoms with Crippen molar-refractivity contribution in [2.45, 2.75) is 233 Å². The van der Waals surface area contributed by atoms with Gasteiger partial charge in [-0.15, -0.1) is 0 Å². The number of rotatable bonds is 11. The van der Waals surface area contributed by atoms with Gasteiger partial charge in [0.1, 0.15) is 97.7 Å². The monoisotopic (exact) mass is 1080 g/mol. The molecule has 1 spiro atoms. The van der Waals surface area contributed by atoms with Crippen LogP contribution in [0.4, 0.5) is 0 Å². The lowest BCUT2D eigenvalue weighted by Gasteiger charge is -2.59. The van der Waals surface area contributed by atoms with Crippen LogP contribution in [0.1, 0.15) is 79.6 Å². The summed E-state index contributed by atoms with van der Waals surface area (Å²) in [6.07, 6.45) is -29.8. The summed E-state index contributed by atoms with van der Waals surface area (Å²) in [6, 6.07) is 0. The molecule has 6 aliphatic heterocycles. The zero-order valence-electron chi connectivity index (χ0n) is 43.0. The second-order valence-corrected chi connectivity index (χ2v) is 24.1. The van der Waals surface area contributed by atoms with E-state index >= 15 is 0 Å². The topological polar surface area (TPSA) is 376 Å². The van der Waals surface area contributed by atoms with Gasteiger partial charge in [-0.25, -0.2) is 0 Å². The lowest BCUT2D eigenvalue weighted by atomic mass is 9.46. The second-order valence-electron chi connectivity index (χ2n) is 24.1. The van der Waals surface area contributed by atoms with Gasteiger partial charge >= 0.3 is 0 Å². The molecular weight excluding hydrogens is 997 g/mol. The van der Waals surface area contributed by atoms with E-state index < -0.39 is 173 Å². The van der Waals surface area contributed by atoms with Crippen LogP contribution >= 0.6 is 0 Å². The summed E-state index contributed by atoms with van der Waals surface area (Å²) in [5, 5.41) is 153. The van der Waals surface area contributed by atoms with Gasteiger partial charge in [-0.2, -0.15) is 0 Å². The highest BCUT2D eigenvalue weighted by atomic mass is 16.8. The first-order valence-corrected chi connectivity index (χ1v) is 27.1. The molecule has 10 aliphatic rings. The first kappa shape index (κ1) is 57.0. The zero-order chi connectivity index (χ0) is 54.0. The van der Waals surface area contributed by atoms with E-state index in [1.165, 1.54) is 6.92 Å². The highest BCUT2D eigenvalue weighted by Gasteiger charge is 2.73. The van der Waals surface area contributed by atoms with E-state index in [0.29, 0.717) is 38.7 Å². The largest absolute Gasteiger partial charge is 0.394 e. The number of aliphatic hydroxyl groups excluding tert-OH is 14. The van der Waals surface area contributed by atoms with Crippen LogP contribution < -0.4 is 0 Å². The molecule has 10 rings (SSSR count). The number of fused-ring (bicyclic) bond motifs is 7. The number of hydrogen-bond donors (Lipinski definition) is 14. The zero-order valence-corrected chi connectivity index (χ0v) is 43.0. The summed E-state index contributed by atoms with van der Waals surface area (Å²) in [5.41, 5.74) is 0.638. The van der Waals surface area contributed by atoms with E-state index in [1.54, 1.807) is 0 Å². The third-order valence-corrected chi connectivity index (χ3v) is 19.8. The minimum atomic E-state index is -1.98. The molecule has 24 nitrogen and oxygen atoms in total. The normalized spacial score (nSPS) is 57.9. The molecule has 0 unspecified atom stereocenters. The summed E-state index contributed by atoms with van der Waals surface area (Å²) in [7, 11) is 0. The Bertz CT molecular complexity index is 2000. The van der Waals surface area contributed by atoms with Crippen LogP contribution in [-0.4, -0.2) is 251 Å². The van der Waals surface area contributed by atoms with Gasteiger partial charge in [0.25, 0.3) is 0 Å². The van der Waals surface area contributed by atoms with Crippen molar-refractivity contribution >= 4 is 0 Å². The van der Waals surface area contributed by atoms with E-state index in [9.17, 15) is 71.5 Å². The Morgan fingerprint density at radius 2 is 1.15 bits per heavy atom. The van der Waals surface area contributed by atoms with Crippen LogP contribution in [0.3, 0.4) is 0 Å². The SMILES string of the molecule is C[C@@H]1CO[C@@]2(O[C@H]3[C@H](O)[C@H]4[C@@H]5CC=C6C[C@@H](O[C@@H]7O[C@H](CO)[C@H](O[C@@H]8O[C@H](CO)[C@@H](O)[C@H](O)[C@H]8O[C@@H]8O[C@H](CO)[C@@H](O)[C@H](O)[C@H]8O)[C@H](O)[C@H]7O[C@@H]7O[C@@H](C)[C@H](O)[C@@H](O)[C@H]7O)CC[C@]6(C)[C@H]5CC[C@]4(C)[C@H]3[C@@H]2C)[C@@H](O)C1. The quantitative estimate of drug-likeness (QED) is 0.0877. The molecule has 4 aliphatic carbocycles. The van der Waals surface area contributed by atoms with Crippen molar-refractivity contribution in [3.63, 3.8) is 0 Å². The number of aliphatic hydroxyl groups is 14. The first-order valence-electron chi connectivity index (χ1n) is 27.1. The maximum Gasteiger partial charge on any atom is 0.197 e.